The molecule has 0 unspecified atom stereocenters. The van der Waals surface area contributed by atoms with E-state index in [1.807, 2.05) is 4.90 Å². The summed E-state index contributed by atoms with van der Waals surface area (Å²) in [6, 6.07) is 3.44. The van der Waals surface area contributed by atoms with Crippen molar-refractivity contribution in [2.45, 2.75) is 37.9 Å². The number of anilines is 1. The maximum absolute atomic E-state index is 12.2. The number of hydrogen-bond acceptors (Lipinski definition) is 4. The molecule has 0 radical (unpaired) electrons. The quantitative estimate of drug-likeness (QED) is 0.907. The molecule has 2 atom stereocenters. The Morgan fingerprint density at radius 2 is 1.81 bits per heavy atom. The number of nitrogens with zero attached hydrogens (tertiary/aromatic N) is 2. The summed E-state index contributed by atoms with van der Waals surface area (Å²) in [5.41, 5.74) is 0.688. The van der Waals surface area contributed by atoms with Gasteiger partial charge in [0, 0.05) is 31.2 Å². The van der Waals surface area contributed by atoms with E-state index in [9.17, 15) is 9.59 Å². The number of pyridine rings is 1. The summed E-state index contributed by atoms with van der Waals surface area (Å²) in [5, 5.41) is 2.78. The fourth-order valence-electron chi connectivity index (χ4n) is 2.81. The molecule has 0 spiro atoms. The fourth-order valence-corrected chi connectivity index (χ4v) is 2.81. The monoisotopic (exact) mass is 289 g/mol. The smallest absolute Gasteiger partial charge is 0.253 e. The molecule has 2 fully saturated rings. The van der Waals surface area contributed by atoms with Gasteiger partial charge in [-0.25, -0.2) is 0 Å². The molecular formula is C15H19N3O3. The van der Waals surface area contributed by atoms with Crippen LogP contribution in [0.4, 0.5) is 5.69 Å². The zero-order chi connectivity index (χ0) is 14.7. The van der Waals surface area contributed by atoms with E-state index in [4.69, 9.17) is 4.74 Å². The second kappa shape index (κ2) is 6.22. The number of rotatable bonds is 3. The summed E-state index contributed by atoms with van der Waals surface area (Å²) < 4.78 is 5.65. The molecule has 1 aromatic rings. The van der Waals surface area contributed by atoms with Gasteiger partial charge in [-0.3, -0.25) is 14.6 Å². The van der Waals surface area contributed by atoms with Crippen molar-refractivity contribution >= 4 is 17.5 Å². The molecule has 3 heterocycles. The standard InChI is InChI=1S/C15H19N3O3/c19-14(17-11-5-7-16-8-6-11)12-3-4-13(21-12)15(20)18-9-1-2-10-18/h5-8,12-13H,1-4,9-10H2,(H,16,17,19)/t12-,13+/m0/s1. The van der Waals surface area contributed by atoms with Crippen LogP contribution in [-0.2, 0) is 14.3 Å². The summed E-state index contributed by atoms with van der Waals surface area (Å²) in [5.74, 6) is -0.162. The van der Waals surface area contributed by atoms with Gasteiger partial charge in [-0.2, -0.15) is 0 Å². The zero-order valence-electron chi connectivity index (χ0n) is 11.8. The lowest BCUT2D eigenvalue weighted by atomic mass is 10.1. The van der Waals surface area contributed by atoms with Gasteiger partial charge in [-0.15, -0.1) is 0 Å². The van der Waals surface area contributed by atoms with Crippen molar-refractivity contribution in [1.82, 2.24) is 9.88 Å². The summed E-state index contributed by atoms with van der Waals surface area (Å²) in [4.78, 5) is 30.1. The predicted molar refractivity (Wildman–Crippen MR) is 76.6 cm³/mol. The molecule has 0 saturated carbocycles. The van der Waals surface area contributed by atoms with Gasteiger partial charge >= 0.3 is 0 Å². The Labute approximate surface area is 123 Å². The first-order chi connectivity index (χ1) is 10.2. The van der Waals surface area contributed by atoms with Crippen molar-refractivity contribution in [1.29, 1.82) is 0 Å². The summed E-state index contributed by atoms with van der Waals surface area (Å²) >= 11 is 0. The lowest BCUT2D eigenvalue weighted by Crippen LogP contribution is -2.38. The van der Waals surface area contributed by atoms with E-state index in [2.05, 4.69) is 10.3 Å². The first-order valence-electron chi connectivity index (χ1n) is 7.39. The van der Waals surface area contributed by atoms with E-state index in [0.717, 1.165) is 25.9 Å². The third kappa shape index (κ3) is 3.21. The molecule has 1 N–H and O–H groups in total. The second-order valence-corrected chi connectivity index (χ2v) is 5.45. The van der Waals surface area contributed by atoms with Crippen LogP contribution >= 0.6 is 0 Å². The number of likely N-dealkylation sites (tertiary alicyclic amines) is 1. The van der Waals surface area contributed by atoms with E-state index >= 15 is 0 Å². The number of carbonyl (C=O) groups is 2. The van der Waals surface area contributed by atoms with Gasteiger partial charge in [0.2, 0.25) is 0 Å². The number of amides is 2. The van der Waals surface area contributed by atoms with Gasteiger partial charge < -0.3 is 15.0 Å². The Morgan fingerprint density at radius 1 is 1.14 bits per heavy atom. The normalized spacial score (nSPS) is 25.0. The Bertz CT molecular complexity index is 514. The molecule has 0 bridgehead atoms. The minimum absolute atomic E-state index is 0.0340. The molecule has 21 heavy (non-hydrogen) atoms. The first kappa shape index (κ1) is 14.0. The first-order valence-corrected chi connectivity index (χ1v) is 7.39. The highest BCUT2D eigenvalue weighted by Gasteiger charge is 2.37. The molecular weight excluding hydrogens is 270 g/mol. The highest BCUT2D eigenvalue weighted by Crippen LogP contribution is 2.24. The van der Waals surface area contributed by atoms with Crippen LogP contribution in [0, 0.1) is 0 Å². The average molecular weight is 289 g/mol. The van der Waals surface area contributed by atoms with Gasteiger partial charge in [-0.05, 0) is 37.8 Å². The number of ether oxygens (including phenoxy) is 1. The lowest BCUT2D eigenvalue weighted by molar-refractivity contribution is -0.144. The highest BCUT2D eigenvalue weighted by atomic mass is 16.5. The molecule has 6 nitrogen and oxygen atoms in total. The maximum Gasteiger partial charge on any atom is 0.253 e. The van der Waals surface area contributed by atoms with Crippen molar-refractivity contribution in [3.8, 4) is 0 Å². The van der Waals surface area contributed by atoms with Crippen LogP contribution in [0.3, 0.4) is 0 Å². The zero-order valence-corrected chi connectivity index (χ0v) is 11.8. The Balaban J connectivity index is 1.54. The van der Waals surface area contributed by atoms with Gasteiger partial charge in [0.1, 0.15) is 12.2 Å². The molecule has 2 amide bonds. The Kier molecular flexibility index (Phi) is 4.15. The molecule has 0 aliphatic carbocycles. The van der Waals surface area contributed by atoms with E-state index < -0.39 is 12.2 Å². The molecule has 1 aromatic heterocycles. The molecule has 0 aromatic carbocycles. The molecule has 112 valence electrons. The van der Waals surface area contributed by atoms with Crippen LogP contribution in [0.25, 0.3) is 0 Å². The summed E-state index contributed by atoms with van der Waals surface area (Å²) in [6.45, 7) is 1.62. The van der Waals surface area contributed by atoms with E-state index in [1.165, 1.54) is 0 Å². The van der Waals surface area contributed by atoms with Gasteiger partial charge in [0.15, 0.2) is 0 Å². The number of aromatic nitrogens is 1. The predicted octanol–water partition coefficient (Wildman–Crippen LogP) is 1.19. The van der Waals surface area contributed by atoms with Crippen molar-refractivity contribution in [2.24, 2.45) is 0 Å². The number of nitrogens with one attached hydrogen (secondary N) is 1. The number of hydrogen-bond donors (Lipinski definition) is 1. The minimum Gasteiger partial charge on any atom is -0.355 e. The van der Waals surface area contributed by atoms with Crippen LogP contribution in [0.2, 0.25) is 0 Å². The second-order valence-electron chi connectivity index (χ2n) is 5.45. The van der Waals surface area contributed by atoms with Crippen LogP contribution < -0.4 is 5.32 Å². The van der Waals surface area contributed by atoms with E-state index in [-0.39, 0.29) is 11.8 Å². The van der Waals surface area contributed by atoms with Crippen LogP contribution in [-0.4, -0.2) is 47.0 Å². The van der Waals surface area contributed by atoms with Crippen LogP contribution in [0.15, 0.2) is 24.5 Å². The van der Waals surface area contributed by atoms with Gasteiger partial charge in [0.25, 0.3) is 11.8 Å². The van der Waals surface area contributed by atoms with Crippen molar-refractivity contribution in [3.63, 3.8) is 0 Å². The van der Waals surface area contributed by atoms with Crippen LogP contribution in [0.1, 0.15) is 25.7 Å². The lowest BCUT2D eigenvalue weighted by Gasteiger charge is -2.20. The maximum atomic E-state index is 12.2. The molecule has 3 rings (SSSR count). The highest BCUT2D eigenvalue weighted by molar-refractivity contribution is 5.95. The summed E-state index contributed by atoms with van der Waals surface area (Å²) in [6.07, 6.45) is 5.54. The largest absolute Gasteiger partial charge is 0.355 e. The van der Waals surface area contributed by atoms with Crippen molar-refractivity contribution in [2.75, 3.05) is 18.4 Å². The average Bonchev–Trinajstić information content (AvgIpc) is 3.19. The molecule has 2 saturated heterocycles. The minimum atomic E-state index is -0.547. The molecule has 2 aliphatic heterocycles. The summed E-state index contributed by atoms with van der Waals surface area (Å²) in [7, 11) is 0. The Morgan fingerprint density at radius 3 is 2.52 bits per heavy atom. The molecule has 2 aliphatic rings. The van der Waals surface area contributed by atoms with E-state index in [1.54, 1.807) is 24.5 Å². The topological polar surface area (TPSA) is 71.5 Å². The molecule has 6 heteroatoms. The van der Waals surface area contributed by atoms with Gasteiger partial charge in [0.05, 0.1) is 0 Å². The number of carbonyl (C=O) groups excluding carboxylic acids is 2. The van der Waals surface area contributed by atoms with Gasteiger partial charge in [-0.1, -0.05) is 0 Å². The van der Waals surface area contributed by atoms with Crippen LogP contribution in [0.5, 0.6) is 0 Å². The van der Waals surface area contributed by atoms with E-state index in [0.29, 0.717) is 18.5 Å². The third-order valence-electron chi connectivity index (χ3n) is 3.95. The Hall–Kier alpha value is -1.95. The third-order valence-corrected chi connectivity index (χ3v) is 3.95. The van der Waals surface area contributed by atoms with Crippen molar-refractivity contribution < 1.29 is 14.3 Å². The SMILES string of the molecule is O=C(Nc1ccncc1)[C@@H]1CC[C@H](C(=O)N2CCCC2)O1. The fraction of sp³-hybridized carbons (Fsp3) is 0.533. The van der Waals surface area contributed by atoms with Crippen molar-refractivity contribution in [3.05, 3.63) is 24.5 Å².